The highest BCUT2D eigenvalue weighted by Gasteiger charge is 2.32. The Morgan fingerprint density at radius 3 is 2.26 bits per heavy atom. The van der Waals surface area contributed by atoms with Gasteiger partial charge in [0.15, 0.2) is 0 Å². The number of para-hydroxylation sites is 1. The minimum atomic E-state index is -4.19. The van der Waals surface area contributed by atoms with Crippen molar-refractivity contribution in [2.45, 2.75) is 11.8 Å². The minimum Gasteiger partial charge on any atom is -0.495 e. The van der Waals surface area contributed by atoms with Crippen LogP contribution in [0.15, 0.2) is 77.7 Å². The predicted octanol–water partition coefficient (Wildman–Crippen LogP) is 3.69. The first-order chi connectivity index (χ1) is 16.8. The molecular weight excluding hydrogens is 469 g/mol. The van der Waals surface area contributed by atoms with E-state index in [0.717, 1.165) is 15.6 Å². The molecule has 0 atom stereocenters. The number of carbonyl (C=O) groups excluding carboxylic acids is 1. The van der Waals surface area contributed by atoms with Gasteiger partial charge in [-0.15, -0.1) is 0 Å². The summed E-state index contributed by atoms with van der Waals surface area (Å²) in [6.07, 6.45) is 0. The fraction of sp³-hybridized carbons (Fsp3) is 0.269. The van der Waals surface area contributed by atoms with Gasteiger partial charge >= 0.3 is 0 Å². The van der Waals surface area contributed by atoms with Gasteiger partial charge in [-0.25, -0.2) is 12.8 Å². The topological polar surface area (TPSA) is 70.2 Å². The van der Waals surface area contributed by atoms with Crippen LogP contribution in [0.4, 0.5) is 15.8 Å². The van der Waals surface area contributed by atoms with E-state index in [9.17, 15) is 17.6 Å². The molecule has 1 saturated heterocycles. The number of carbonyl (C=O) groups is 1. The minimum absolute atomic E-state index is 0.0500. The van der Waals surface area contributed by atoms with Crippen molar-refractivity contribution in [1.29, 1.82) is 0 Å². The van der Waals surface area contributed by atoms with E-state index in [1.165, 1.54) is 37.4 Å². The van der Waals surface area contributed by atoms with Crippen LogP contribution < -0.4 is 13.9 Å². The molecule has 3 aromatic carbocycles. The number of ether oxygens (including phenoxy) is 1. The molecule has 35 heavy (non-hydrogen) atoms. The lowest BCUT2D eigenvalue weighted by atomic mass is 10.2. The van der Waals surface area contributed by atoms with Crippen molar-refractivity contribution in [3.8, 4) is 5.75 Å². The zero-order valence-electron chi connectivity index (χ0n) is 19.7. The Morgan fingerprint density at radius 2 is 1.63 bits per heavy atom. The molecule has 4 rings (SSSR count). The second-order valence-electron chi connectivity index (χ2n) is 8.35. The summed E-state index contributed by atoms with van der Waals surface area (Å²) in [7, 11) is -2.80. The van der Waals surface area contributed by atoms with Crippen LogP contribution >= 0.6 is 0 Å². The fourth-order valence-electron chi connectivity index (χ4n) is 4.10. The summed E-state index contributed by atoms with van der Waals surface area (Å²) in [6, 6.07) is 19.8. The van der Waals surface area contributed by atoms with Crippen molar-refractivity contribution in [1.82, 2.24) is 4.90 Å². The standard InChI is InChI=1S/C26H28FN3O4S/c1-20-8-13-24(34-2)25(18-20)35(32,33)30(23-11-9-21(27)10-12-23)19-26(31)29-16-14-28(15-17-29)22-6-4-3-5-7-22/h3-13,18H,14-17,19H2,1-2H3. The molecule has 1 aliphatic rings. The SMILES string of the molecule is COc1ccc(C)cc1S(=O)(=O)N(CC(=O)N1CCN(c2ccccc2)CC1)c1ccc(F)cc1. The van der Waals surface area contributed by atoms with Gasteiger partial charge in [-0.3, -0.25) is 9.10 Å². The third-order valence-corrected chi connectivity index (χ3v) is 7.83. The van der Waals surface area contributed by atoms with Crippen molar-refractivity contribution in [2.24, 2.45) is 0 Å². The number of halogens is 1. The first kappa shape index (κ1) is 24.5. The smallest absolute Gasteiger partial charge is 0.268 e. The number of methoxy groups -OCH3 is 1. The second-order valence-corrected chi connectivity index (χ2v) is 10.2. The molecule has 0 unspecified atom stereocenters. The molecule has 0 radical (unpaired) electrons. The van der Waals surface area contributed by atoms with Crippen LogP contribution in [0.25, 0.3) is 0 Å². The van der Waals surface area contributed by atoms with E-state index in [1.54, 1.807) is 24.0 Å². The molecule has 9 heteroatoms. The lowest BCUT2D eigenvalue weighted by Gasteiger charge is -2.37. The average molecular weight is 498 g/mol. The third-order valence-electron chi connectivity index (χ3n) is 6.03. The summed E-state index contributed by atoms with van der Waals surface area (Å²) in [4.78, 5) is 17.1. The third kappa shape index (κ3) is 5.40. The van der Waals surface area contributed by atoms with Gasteiger partial charge < -0.3 is 14.5 Å². The first-order valence-corrected chi connectivity index (χ1v) is 12.7. The molecule has 3 aromatic rings. The Labute approximate surface area is 205 Å². The normalized spacial score (nSPS) is 14.0. The summed E-state index contributed by atoms with van der Waals surface area (Å²) >= 11 is 0. The van der Waals surface area contributed by atoms with E-state index < -0.39 is 22.4 Å². The van der Waals surface area contributed by atoms with Gasteiger partial charge in [0.25, 0.3) is 10.0 Å². The van der Waals surface area contributed by atoms with E-state index >= 15 is 0 Å². The van der Waals surface area contributed by atoms with Crippen molar-refractivity contribution in [3.05, 3.63) is 84.2 Å². The van der Waals surface area contributed by atoms with Crippen LogP contribution in [-0.2, 0) is 14.8 Å². The Hall–Kier alpha value is -3.59. The molecule has 0 aromatic heterocycles. The Balaban J connectivity index is 1.59. The van der Waals surface area contributed by atoms with Crippen LogP contribution in [0.5, 0.6) is 5.75 Å². The van der Waals surface area contributed by atoms with Crippen molar-refractivity contribution >= 4 is 27.3 Å². The maximum absolute atomic E-state index is 13.8. The predicted molar refractivity (Wildman–Crippen MR) is 134 cm³/mol. The van der Waals surface area contributed by atoms with Crippen molar-refractivity contribution < 1.29 is 22.3 Å². The molecule has 7 nitrogen and oxygen atoms in total. The number of sulfonamides is 1. The molecule has 1 amide bonds. The first-order valence-electron chi connectivity index (χ1n) is 11.3. The highest BCUT2D eigenvalue weighted by Crippen LogP contribution is 2.31. The van der Waals surface area contributed by atoms with Crippen LogP contribution in [-0.4, -0.2) is 59.1 Å². The zero-order chi connectivity index (χ0) is 25.0. The molecule has 0 aliphatic carbocycles. The lowest BCUT2D eigenvalue weighted by molar-refractivity contribution is -0.129. The molecule has 1 aliphatic heterocycles. The summed E-state index contributed by atoms with van der Waals surface area (Å²) in [5.74, 6) is -0.647. The Kier molecular flexibility index (Phi) is 7.25. The summed E-state index contributed by atoms with van der Waals surface area (Å²) in [6.45, 7) is 3.60. The number of amides is 1. The summed E-state index contributed by atoms with van der Waals surface area (Å²) < 4.78 is 47.5. The van der Waals surface area contributed by atoms with E-state index in [2.05, 4.69) is 4.90 Å². The van der Waals surface area contributed by atoms with Gasteiger partial charge in [-0.1, -0.05) is 24.3 Å². The summed E-state index contributed by atoms with van der Waals surface area (Å²) in [5, 5.41) is 0. The number of hydrogen-bond donors (Lipinski definition) is 0. The Bertz CT molecular complexity index is 1280. The van der Waals surface area contributed by atoms with Crippen molar-refractivity contribution in [2.75, 3.05) is 49.0 Å². The van der Waals surface area contributed by atoms with Crippen LogP contribution in [0, 0.1) is 12.7 Å². The van der Waals surface area contributed by atoms with Gasteiger partial charge in [0.1, 0.15) is 23.0 Å². The molecule has 0 saturated carbocycles. The van der Waals surface area contributed by atoms with Gasteiger partial charge in [-0.05, 0) is 61.0 Å². The average Bonchev–Trinajstić information content (AvgIpc) is 2.88. The quantitative estimate of drug-likeness (QED) is 0.498. The largest absolute Gasteiger partial charge is 0.495 e. The molecule has 1 fully saturated rings. The van der Waals surface area contributed by atoms with Crippen LogP contribution in [0.3, 0.4) is 0 Å². The summed E-state index contributed by atoms with van der Waals surface area (Å²) in [5.41, 5.74) is 2.01. The van der Waals surface area contributed by atoms with Gasteiger partial charge in [0, 0.05) is 31.9 Å². The molecule has 0 spiro atoms. The number of nitrogens with zero attached hydrogens (tertiary/aromatic N) is 3. The number of aryl methyl sites for hydroxylation is 1. The molecule has 0 N–H and O–H groups in total. The van der Waals surface area contributed by atoms with E-state index in [1.807, 2.05) is 30.3 Å². The zero-order valence-corrected chi connectivity index (χ0v) is 20.5. The Morgan fingerprint density at radius 1 is 0.971 bits per heavy atom. The molecule has 184 valence electrons. The molecular formula is C26H28FN3O4S. The van der Waals surface area contributed by atoms with E-state index in [4.69, 9.17) is 4.74 Å². The van der Waals surface area contributed by atoms with Crippen molar-refractivity contribution in [3.63, 3.8) is 0 Å². The maximum Gasteiger partial charge on any atom is 0.268 e. The highest BCUT2D eigenvalue weighted by molar-refractivity contribution is 7.93. The number of rotatable bonds is 7. The fourth-order valence-corrected chi connectivity index (χ4v) is 5.76. The monoisotopic (exact) mass is 497 g/mol. The van der Waals surface area contributed by atoms with Crippen LogP contribution in [0.2, 0.25) is 0 Å². The van der Waals surface area contributed by atoms with Gasteiger partial charge in [0.2, 0.25) is 5.91 Å². The van der Waals surface area contributed by atoms with E-state index in [-0.39, 0.29) is 22.2 Å². The number of anilines is 2. The maximum atomic E-state index is 13.8. The lowest BCUT2D eigenvalue weighted by Crippen LogP contribution is -2.52. The second kappa shape index (κ2) is 10.4. The van der Waals surface area contributed by atoms with E-state index in [0.29, 0.717) is 26.2 Å². The van der Waals surface area contributed by atoms with Gasteiger partial charge in [-0.2, -0.15) is 0 Å². The number of benzene rings is 3. The number of piperazine rings is 1. The molecule has 0 bridgehead atoms. The van der Waals surface area contributed by atoms with Gasteiger partial charge in [0.05, 0.1) is 12.8 Å². The number of hydrogen-bond acceptors (Lipinski definition) is 5. The molecule has 1 heterocycles. The van der Waals surface area contributed by atoms with Crippen LogP contribution in [0.1, 0.15) is 5.56 Å². The highest BCUT2D eigenvalue weighted by atomic mass is 32.2.